The SMILES string of the molecule is CCC(CC)CN(CC)C(=O)c1ccc(Br)cn1. The van der Waals surface area contributed by atoms with E-state index in [1.165, 1.54) is 0 Å². The zero-order valence-electron chi connectivity index (χ0n) is 11.3. The molecule has 100 valence electrons. The Kier molecular flexibility index (Phi) is 6.33. The Labute approximate surface area is 118 Å². The second kappa shape index (κ2) is 7.52. The highest BCUT2D eigenvalue weighted by molar-refractivity contribution is 9.10. The third-order valence-corrected chi connectivity index (χ3v) is 3.72. The maximum atomic E-state index is 12.3. The molecule has 0 saturated carbocycles. The number of halogens is 1. The van der Waals surface area contributed by atoms with Crippen LogP contribution in [0.25, 0.3) is 0 Å². The summed E-state index contributed by atoms with van der Waals surface area (Å²) in [5, 5.41) is 0. The number of hydrogen-bond donors (Lipinski definition) is 0. The van der Waals surface area contributed by atoms with Crippen LogP contribution in [0.15, 0.2) is 22.8 Å². The van der Waals surface area contributed by atoms with Gasteiger partial charge < -0.3 is 4.90 Å². The van der Waals surface area contributed by atoms with Crippen LogP contribution in [0.5, 0.6) is 0 Å². The standard InChI is InChI=1S/C14H21BrN2O/c1-4-11(5-2)10-17(6-3)14(18)13-8-7-12(15)9-16-13/h7-9,11H,4-6,10H2,1-3H3. The van der Waals surface area contributed by atoms with Gasteiger partial charge in [-0.2, -0.15) is 0 Å². The van der Waals surface area contributed by atoms with E-state index in [0.717, 1.165) is 30.4 Å². The molecule has 1 aromatic heterocycles. The van der Waals surface area contributed by atoms with Crippen molar-refractivity contribution >= 4 is 21.8 Å². The molecule has 0 aromatic carbocycles. The molecule has 3 nitrogen and oxygen atoms in total. The van der Waals surface area contributed by atoms with Gasteiger partial charge in [0.05, 0.1) is 0 Å². The number of nitrogens with zero attached hydrogens (tertiary/aromatic N) is 2. The van der Waals surface area contributed by atoms with E-state index < -0.39 is 0 Å². The minimum Gasteiger partial charge on any atom is -0.337 e. The summed E-state index contributed by atoms with van der Waals surface area (Å²) in [5.41, 5.74) is 0.519. The summed E-state index contributed by atoms with van der Waals surface area (Å²) >= 11 is 3.32. The van der Waals surface area contributed by atoms with Gasteiger partial charge in [0.1, 0.15) is 5.69 Å². The molecule has 0 aliphatic heterocycles. The van der Waals surface area contributed by atoms with Crippen LogP contribution in [0.3, 0.4) is 0 Å². The fraction of sp³-hybridized carbons (Fsp3) is 0.571. The molecule has 0 bridgehead atoms. The second-order valence-corrected chi connectivity index (χ2v) is 5.30. The molecule has 1 rings (SSSR count). The van der Waals surface area contributed by atoms with Crippen molar-refractivity contribution < 1.29 is 4.79 Å². The molecule has 4 heteroatoms. The lowest BCUT2D eigenvalue weighted by atomic mass is 10.0. The van der Waals surface area contributed by atoms with Gasteiger partial charge in [0, 0.05) is 23.8 Å². The number of carbonyl (C=O) groups excluding carboxylic acids is 1. The van der Waals surface area contributed by atoms with Crippen LogP contribution in [0.2, 0.25) is 0 Å². The molecule has 0 aliphatic carbocycles. The first kappa shape index (κ1) is 15.2. The quantitative estimate of drug-likeness (QED) is 0.801. The van der Waals surface area contributed by atoms with Crippen molar-refractivity contribution in [1.82, 2.24) is 9.88 Å². The highest BCUT2D eigenvalue weighted by Crippen LogP contribution is 2.13. The Morgan fingerprint density at radius 2 is 2.00 bits per heavy atom. The first-order chi connectivity index (χ1) is 8.62. The fourth-order valence-electron chi connectivity index (χ4n) is 1.88. The molecule has 1 heterocycles. The van der Waals surface area contributed by atoms with Gasteiger partial charge in [-0.3, -0.25) is 4.79 Å². The van der Waals surface area contributed by atoms with E-state index in [1.54, 1.807) is 12.3 Å². The molecule has 1 aromatic rings. The van der Waals surface area contributed by atoms with Gasteiger partial charge in [0.25, 0.3) is 5.91 Å². The monoisotopic (exact) mass is 312 g/mol. The molecule has 0 unspecified atom stereocenters. The lowest BCUT2D eigenvalue weighted by Gasteiger charge is -2.25. The average molecular weight is 313 g/mol. The summed E-state index contributed by atoms with van der Waals surface area (Å²) in [7, 11) is 0. The van der Waals surface area contributed by atoms with Crippen molar-refractivity contribution in [3.8, 4) is 0 Å². The highest BCUT2D eigenvalue weighted by Gasteiger charge is 2.18. The molecule has 0 atom stereocenters. The van der Waals surface area contributed by atoms with E-state index in [-0.39, 0.29) is 5.91 Å². The second-order valence-electron chi connectivity index (χ2n) is 4.39. The number of rotatable bonds is 6. The maximum Gasteiger partial charge on any atom is 0.272 e. The van der Waals surface area contributed by atoms with E-state index in [4.69, 9.17) is 0 Å². The topological polar surface area (TPSA) is 33.2 Å². The summed E-state index contributed by atoms with van der Waals surface area (Å²) in [6.07, 6.45) is 3.88. The van der Waals surface area contributed by atoms with Gasteiger partial charge in [-0.1, -0.05) is 26.7 Å². The Morgan fingerprint density at radius 1 is 1.33 bits per heavy atom. The third kappa shape index (κ3) is 4.09. The molecule has 0 saturated heterocycles. The Bertz CT molecular complexity index is 374. The largest absolute Gasteiger partial charge is 0.337 e. The summed E-state index contributed by atoms with van der Waals surface area (Å²) in [5.74, 6) is 0.598. The molecule has 18 heavy (non-hydrogen) atoms. The molecule has 0 aliphatic rings. The van der Waals surface area contributed by atoms with Crippen LogP contribution in [-0.4, -0.2) is 28.9 Å². The number of hydrogen-bond acceptors (Lipinski definition) is 2. The minimum atomic E-state index is 0.0249. The van der Waals surface area contributed by atoms with Crippen LogP contribution in [0, 0.1) is 5.92 Å². The number of amides is 1. The molecular formula is C14H21BrN2O. The van der Waals surface area contributed by atoms with E-state index >= 15 is 0 Å². The van der Waals surface area contributed by atoms with Crippen molar-refractivity contribution in [2.45, 2.75) is 33.6 Å². The normalized spacial score (nSPS) is 10.7. The lowest BCUT2D eigenvalue weighted by molar-refractivity contribution is 0.0729. The van der Waals surface area contributed by atoms with Crippen LogP contribution >= 0.6 is 15.9 Å². The van der Waals surface area contributed by atoms with Gasteiger partial charge >= 0.3 is 0 Å². The van der Waals surface area contributed by atoms with E-state index in [1.807, 2.05) is 17.9 Å². The highest BCUT2D eigenvalue weighted by atomic mass is 79.9. The summed E-state index contributed by atoms with van der Waals surface area (Å²) in [6.45, 7) is 7.90. The van der Waals surface area contributed by atoms with Crippen LogP contribution in [0.4, 0.5) is 0 Å². The van der Waals surface area contributed by atoms with Gasteiger partial charge in [-0.15, -0.1) is 0 Å². The molecule has 0 N–H and O–H groups in total. The van der Waals surface area contributed by atoms with E-state index in [2.05, 4.69) is 34.8 Å². The molecule has 0 spiro atoms. The first-order valence-corrected chi connectivity index (χ1v) is 7.32. The van der Waals surface area contributed by atoms with Crippen molar-refractivity contribution in [2.75, 3.05) is 13.1 Å². The van der Waals surface area contributed by atoms with Crippen molar-refractivity contribution in [1.29, 1.82) is 0 Å². The van der Waals surface area contributed by atoms with Gasteiger partial charge in [-0.25, -0.2) is 4.98 Å². The average Bonchev–Trinajstić information content (AvgIpc) is 2.40. The van der Waals surface area contributed by atoms with Crippen molar-refractivity contribution in [2.24, 2.45) is 5.92 Å². The first-order valence-electron chi connectivity index (χ1n) is 6.53. The Hall–Kier alpha value is -0.900. The third-order valence-electron chi connectivity index (χ3n) is 3.25. The Morgan fingerprint density at radius 3 is 2.44 bits per heavy atom. The number of carbonyl (C=O) groups is 1. The van der Waals surface area contributed by atoms with Gasteiger partial charge in [0.15, 0.2) is 0 Å². The fourth-order valence-corrected chi connectivity index (χ4v) is 2.11. The van der Waals surface area contributed by atoms with Crippen LogP contribution in [0.1, 0.15) is 44.1 Å². The minimum absolute atomic E-state index is 0.0249. The van der Waals surface area contributed by atoms with E-state index in [0.29, 0.717) is 11.6 Å². The molecule has 0 fully saturated rings. The van der Waals surface area contributed by atoms with Gasteiger partial charge in [0.2, 0.25) is 0 Å². The Balaban J connectivity index is 2.75. The summed E-state index contributed by atoms with van der Waals surface area (Å²) in [4.78, 5) is 18.4. The zero-order valence-corrected chi connectivity index (χ0v) is 12.9. The summed E-state index contributed by atoms with van der Waals surface area (Å²) < 4.78 is 0.891. The summed E-state index contributed by atoms with van der Waals surface area (Å²) in [6, 6.07) is 3.62. The van der Waals surface area contributed by atoms with Crippen molar-refractivity contribution in [3.05, 3.63) is 28.5 Å². The number of pyridine rings is 1. The lowest BCUT2D eigenvalue weighted by Crippen LogP contribution is -2.35. The smallest absolute Gasteiger partial charge is 0.272 e. The number of aromatic nitrogens is 1. The van der Waals surface area contributed by atoms with Crippen molar-refractivity contribution in [3.63, 3.8) is 0 Å². The van der Waals surface area contributed by atoms with Crippen LogP contribution in [-0.2, 0) is 0 Å². The van der Waals surface area contributed by atoms with Gasteiger partial charge in [-0.05, 0) is 40.9 Å². The van der Waals surface area contributed by atoms with E-state index in [9.17, 15) is 4.79 Å². The zero-order chi connectivity index (χ0) is 13.5. The molecular weight excluding hydrogens is 292 g/mol. The predicted molar refractivity (Wildman–Crippen MR) is 77.6 cm³/mol. The molecule has 0 radical (unpaired) electrons. The predicted octanol–water partition coefficient (Wildman–Crippen LogP) is 3.74. The molecule has 1 amide bonds. The maximum absolute atomic E-state index is 12.3. The van der Waals surface area contributed by atoms with Crippen LogP contribution < -0.4 is 0 Å².